The van der Waals surface area contributed by atoms with Crippen LogP contribution in [0.4, 0.5) is 0 Å². The molecular formula is C12H12N4O2. The first-order valence-corrected chi connectivity index (χ1v) is 5.51. The SMILES string of the molecule is Cn1c(=O)oc2cc(C(N)c3ncc[nH]3)ccc21. The van der Waals surface area contributed by atoms with Gasteiger partial charge in [-0.2, -0.15) is 0 Å². The van der Waals surface area contributed by atoms with Gasteiger partial charge in [0, 0.05) is 19.4 Å². The molecule has 6 nitrogen and oxygen atoms in total. The number of H-pyrrole nitrogens is 1. The number of hydrogen-bond acceptors (Lipinski definition) is 4. The highest BCUT2D eigenvalue weighted by Crippen LogP contribution is 2.21. The minimum Gasteiger partial charge on any atom is -0.408 e. The first-order chi connectivity index (χ1) is 8.66. The molecular weight excluding hydrogens is 232 g/mol. The van der Waals surface area contributed by atoms with Crippen molar-refractivity contribution in [1.29, 1.82) is 0 Å². The number of imidazole rings is 1. The lowest BCUT2D eigenvalue weighted by Gasteiger charge is -2.08. The van der Waals surface area contributed by atoms with E-state index in [1.54, 1.807) is 25.5 Å². The molecule has 6 heteroatoms. The molecule has 0 spiro atoms. The Morgan fingerprint density at radius 1 is 1.50 bits per heavy atom. The molecule has 1 aromatic carbocycles. The molecule has 3 N–H and O–H groups in total. The molecule has 3 rings (SSSR count). The standard InChI is InChI=1S/C12H12N4O2/c1-16-8-3-2-7(6-9(8)18-12(16)17)10(13)11-14-4-5-15-11/h2-6,10H,13H2,1H3,(H,14,15). The van der Waals surface area contributed by atoms with Crippen LogP contribution in [0.1, 0.15) is 17.4 Å². The van der Waals surface area contributed by atoms with E-state index in [1.165, 1.54) is 4.57 Å². The number of nitrogens with zero attached hydrogens (tertiary/aromatic N) is 2. The van der Waals surface area contributed by atoms with Crippen molar-refractivity contribution in [3.63, 3.8) is 0 Å². The lowest BCUT2D eigenvalue weighted by Crippen LogP contribution is -2.13. The topological polar surface area (TPSA) is 89.8 Å². The maximum atomic E-state index is 11.4. The fourth-order valence-electron chi connectivity index (χ4n) is 1.95. The van der Waals surface area contributed by atoms with Gasteiger partial charge in [0.25, 0.3) is 0 Å². The Labute approximate surface area is 102 Å². The van der Waals surface area contributed by atoms with Crippen LogP contribution in [0.3, 0.4) is 0 Å². The number of nitrogens with one attached hydrogen (secondary N) is 1. The van der Waals surface area contributed by atoms with Crippen molar-refractivity contribution in [2.24, 2.45) is 12.8 Å². The van der Waals surface area contributed by atoms with Gasteiger partial charge in [0.1, 0.15) is 5.82 Å². The third-order valence-corrected chi connectivity index (χ3v) is 2.99. The van der Waals surface area contributed by atoms with Crippen LogP contribution < -0.4 is 11.5 Å². The van der Waals surface area contributed by atoms with E-state index in [9.17, 15) is 4.79 Å². The van der Waals surface area contributed by atoms with Gasteiger partial charge >= 0.3 is 5.76 Å². The quantitative estimate of drug-likeness (QED) is 0.700. The van der Waals surface area contributed by atoms with E-state index in [0.717, 1.165) is 11.1 Å². The lowest BCUT2D eigenvalue weighted by molar-refractivity contribution is 0.527. The van der Waals surface area contributed by atoms with E-state index in [-0.39, 0.29) is 11.8 Å². The Kier molecular flexibility index (Phi) is 2.31. The van der Waals surface area contributed by atoms with Crippen LogP contribution in [0.15, 0.2) is 39.8 Å². The average Bonchev–Trinajstić information content (AvgIpc) is 2.98. The molecule has 2 aromatic heterocycles. The zero-order valence-corrected chi connectivity index (χ0v) is 9.75. The number of fused-ring (bicyclic) bond motifs is 1. The highest BCUT2D eigenvalue weighted by molar-refractivity contribution is 5.73. The predicted octanol–water partition coefficient (Wildman–Crippen LogP) is 0.903. The minimum atomic E-state index is -0.381. The number of hydrogen-bond donors (Lipinski definition) is 2. The largest absolute Gasteiger partial charge is 0.419 e. The number of nitrogens with two attached hydrogens (primary N) is 1. The highest BCUT2D eigenvalue weighted by atomic mass is 16.4. The van der Waals surface area contributed by atoms with Gasteiger partial charge in [0.15, 0.2) is 5.58 Å². The highest BCUT2D eigenvalue weighted by Gasteiger charge is 2.14. The van der Waals surface area contributed by atoms with E-state index in [2.05, 4.69) is 9.97 Å². The molecule has 1 unspecified atom stereocenters. The van der Waals surface area contributed by atoms with Gasteiger partial charge in [0.2, 0.25) is 0 Å². The molecule has 0 saturated heterocycles. The summed E-state index contributed by atoms with van der Waals surface area (Å²) in [5, 5.41) is 0. The summed E-state index contributed by atoms with van der Waals surface area (Å²) in [6, 6.07) is 5.09. The van der Waals surface area contributed by atoms with Crippen molar-refractivity contribution in [3.8, 4) is 0 Å². The Morgan fingerprint density at radius 2 is 2.33 bits per heavy atom. The summed E-state index contributed by atoms with van der Waals surface area (Å²) in [5.41, 5.74) is 8.19. The fourth-order valence-corrected chi connectivity index (χ4v) is 1.95. The molecule has 92 valence electrons. The maximum absolute atomic E-state index is 11.4. The number of aryl methyl sites for hydroxylation is 1. The van der Waals surface area contributed by atoms with Crippen molar-refractivity contribution >= 4 is 11.1 Å². The van der Waals surface area contributed by atoms with Gasteiger partial charge < -0.3 is 15.1 Å². The Balaban J connectivity index is 2.11. The number of aromatic nitrogens is 3. The monoisotopic (exact) mass is 244 g/mol. The van der Waals surface area contributed by atoms with Crippen molar-refractivity contribution in [1.82, 2.24) is 14.5 Å². The molecule has 1 atom stereocenters. The van der Waals surface area contributed by atoms with Gasteiger partial charge in [-0.3, -0.25) is 4.57 Å². The van der Waals surface area contributed by atoms with Crippen molar-refractivity contribution in [2.75, 3.05) is 0 Å². The molecule has 0 saturated carbocycles. The summed E-state index contributed by atoms with van der Waals surface area (Å²) in [6.45, 7) is 0. The first kappa shape index (κ1) is 10.8. The number of rotatable bonds is 2. The van der Waals surface area contributed by atoms with Crippen LogP contribution in [-0.2, 0) is 7.05 Å². The minimum absolute atomic E-state index is 0.366. The molecule has 0 aliphatic rings. The fraction of sp³-hybridized carbons (Fsp3) is 0.167. The Morgan fingerprint density at radius 3 is 3.06 bits per heavy atom. The molecule has 3 aromatic rings. The Hall–Kier alpha value is -2.34. The molecule has 0 bridgehead atoms. The zero-order chi connectivity index (χ0) is 12.7. The second kappa shape index (κ2) is 3.85. The molecule has 0 aliphatic carbocycles. The van der Waals surface area contributed by atoms with E-state index >= 15 is 0 Å². The summed E-state index contributed by atoms with van der Waals surface area (Å²) in [6.07, 6.45) is 3.37. The number of oxazole rings is 1. The summed E-state index contributed by atoms with van der Waals surface area (Å²) in [7, 11) is 1.67. The number of aromatic amines is 1. The summed E-state index contributed by atoms with van der Waals surface area (Å²) >= 11 is 0. The van der Waals surface area contributed by atoms with Crippen LogP contribution in [0.2, 0.25) is 0 Å². The lowest BCUT2D eigenvalue weighted by atomic mass is 10.1. The maximum Gasteiger partial charge on any atom is 0.419 e. The van der Waals surface area contributed by atoms with Crippen LogP contribution in [0.5, 0.6) is 0 Å². The summed E-state index contributed by atoms with van der Waals surface area (Å²) in [4.78, 5) is 18.5. The predicted molar refractivity (Wildman–Crippen MR) is 66.1 cm³/mol. The van der Waals surface area contributed by atoms with Crippen LogP contribution in [0, 0.1) is 0 Å². The first-order valence-electron chi connectivity index (χ1n) is 5.51. The van der Waals surface area contributed by atoms with E-state index in [4.69, 9.17) is 10.2 Å². The van der Waals surface area contributed by atoms with E-state index < -0.39 is 0 Å². The second-order valence-corrected chi connectivity index (χ2v) is 4.11. The van der Waals surface area contributed by atoms with Gasteiger partial charge in [-0.1, -0.05) is 6.07 Å². The summed E-state index contributed by atoms with van der Waals surface area (Å²) < 4.78 is 6.58. The zero-order valence-electron chi connectivity index (χ0n) is 9.75. The van der Waals surface area contributed by atoms with Crippen molar-refractivity contribution in [2.45, 2.75) is 6.04 Å². The van der Waals surface area contributed by atoms with Gasteiger partial charge in [-0.15, -0.1) is 0 Å². The van der Waals surface area contributed by atoms with E-state index in [0.29, 0.717) is 11.4 Å². The van der Waals surface area contributed by atoms with Crippen LogP contribution >= 0.6 is 0 Å². The van der Waals surface area contributed by atoms with Crippen molar-refractivity contribution in [3.05, 3.63) is 52.5 Å². The molecule has 2 heterocycles. The van der Waals surface area contributed by atoms with E-state index in [1.807, 2.05) is 12.1 Å². The van der Waals surface area contributed by atoms with Gasteiger partial charge in [-0.05, 0) is 17.7 Å². The second-order valence-electron chi connectivity index (χ2n) is 4.11. The summed E-state index contributed by atoms with van der Waals surface area (Å²) in [5.74, 6) is 0.293. The molecule has 0 radical (unpaired) electrons. The van der Waals surface area contributed by atoms with Gasteiger partial charge in [0.05, 0.1) is 11.6 Å². The molecule has 18 heavy (non-hydrogen) atoms. The molecule has 0 fully saturated rings. The smallest absolute Gasteiger partial charge is 0.408 e. The number of benzene rings is 1. The third-order valence-electron chi connectivity index (χ3n) is 2.99. The Bertz CT molecular complexity index is 739. The average molecular weight is 244 g/mol. The third kappa shape index (κ3) is 1.54. The normalized spacial score (nSPS) is 13.0. The van der Waals surface area contributed by atoms with Crippen LogP contribution in [-0.4, -0.2) is 14.5 Å². The van der Waals surface area contributed by atoms with Crippen LogP contribution in [0.25, 0.3) is 11.1 Å². The van der Waals surface area contributed by atoms with Crippen molar-refractivity contribution < 1.29 is 4.42 Å². The molecule has 0 aliphatic heterocycles. The van der Waals surface area contributed by atoms with Gasteiger partial charge in [-0.25, -0.2) is 9.78 Å². The molecule has 0 amide bonds.